The Morgan fingerprint density at radius 1 is 1.29 bits per heavy atom. The van der Waals surface area contributed by atoms with Crippen molar-refractivity contribution in [2.45, 2.75) is 17.9 Å². The van der Waals surface area contributed by atoms with E-state index in [1.807, 2.05) is 0 Å². The molecule has 0 aliphatic rings. The van der Waals surface area contributed by atoms with Gasteiger partial charge in [0, 0.05) is 30.2 Å². The van der Waals surface area contributed by atoms with E-state index in [4.69, 9.17) is 0 Å². The minimum absolute atomic E-state index is 0.188. The molecule has 0 N–H and O–H groups in total. The van der Waals surface area contributed by atoms with E-state index in [9.17, 15) is 17.6 Å². The van der Waals surface area contributed by atoms with Crippen LogP contribution in [-0.2, 0) is 5.33 Å². The molecule has 1 aromatic carbocycles. The average Bonchev–Trinajstić information content (AvgIpc) is 2.24. The van der Waals surface area contributed by atoms with E-state index < -0.39 is 18.4 Å². The summed E-state index contributed by atoms with van der Waals surface area (Å²) < 4.78 is 49.7. The second-order valence-corrected chi connectivity index (χ2v) is 4.22. The fourth-order valence-electron chi connectivity index (χ4n) is 1.45. The van der Waals surface area contributed by atoms with E-state index in [-0.39, 0.29) is 11.9 Å². The monoisotopic (exact) mass is 313 g/mol. The maximum absolute atomic E-state index is 13.4. The van der Waals surface area contributed by atoms with Gasteiger partial charge in [0.15, 0.2) is 0 Å². The minimum Gasteiger partial charge on any atom is -0.374 e. The zero-order valence-electron chi connectivity index (χ0n) is 9.19. The zero-order chi connectivity index (χ0) is 13.1. The topological polar surface area (TPSA) is 3.24 Å². The van der Waals surface area contributed by atoms with Crippen LogP contribution >= 0.6 is 15.9 Å². The summed E-state index contributed by atoms with van der Waals surface area (Å²) in [4.78, 5) is 1.41. The summed E-state index contributed by atoms with van der Waals surface area (Å²) in [5.41, 5.74) is 0.850. The van der Waals surface area contributed by atoms with Crippen molar-refractivity contribution in [2.24, 2.45) is 0 Å². The predicted octanol–water partition coefficient (Wildman–Crippen LogP) is 4.11. The van der Waals surface area contributed by atoms with Gasteiger partial charge in [-0.05, 0) is 12.1 Å². The first-order valence-electron chi connectivity index (χ1n) is 4.96. The van der Waals surface area contributed by atoms with Crippen LogP contribution in [0.3, 0.4) is 0 Å². The van der Waals surface area contributed by atoms with E-state index >= 15 is 0 Å². The summed E-state index contributed by atoms with van der Waals surface area (Å²) in [6.07, 6.45) is -5.11. The number of halogens is 5. The number of alkyl halides is 4. The lowest BCUT2D eigenvalue weighted by Gasteiger charge is -2.22. The quantitative estimate of drug-likeness (QED) is 0.597. The second kappa shape index (κ2) is 5.71. The number of hydrogen-bond acceptors (Lipinski definition) is 1. The van der Waals surface area contributed by atoms with Gasteiger partial charge in [-0.1, -0.05) is 22.0 Å². The Hall–Kier alpha value is -0.780. The van der Waals surface area contributed by atoms with Gasteiger partial charge in [-0.2, -0.15) is 13.2 Å². The fourth-order valence-corrected chi connectivity index (χ4v) is 2.01. The molecule has 0 aromatic heterocycles. The lowest BCUT2D eigenvalue weighted by atomic mass is 10.1. The van der Waals surface area contributed by atoms with Gasteiger partial charge in [-0.3, -0.25) is 0 Å². The van der Waals surface area contributed by atoms with Crippen molar-refractivity contribution in [2.75, 3.05) is 18.5 Å². The SMILES string of the molecule is CN(CCC(F)(F)F)c1cccc(F)c1CBr. The summed E-state index contributed by atoms with van der Waals surface area (Å²) in [6, 6.07) is 4.38. The number of benzene rings is 1. The van der Waals surface area contributed by atoms with Crippen LogP contribution in [0.4, 0.5) is 23.2 Å². The summed E-state index contributed by atoms with van der Waals surface area (Å²) >= 11 is 3.13. The molecule has 0 amide bonds. The molecule has 17 heavy (non-hydrogen) atoms. The van der Waals surface area contributed by atoms with Gasteiger partial charge in [0.1, 0.15) is 5.82 Å². The van der Waals surface area contributed by atoms with E-state index in [1.165, 1.54) is 24.1 Å². The van der Waals surface area contributed by atoms with Gasteiger partial charge in [0.2, 0.25) is 0 Å². The second-order valence-electron chi connectivity index (χ2n) is 3.66. The van der Waals surface area contributed by atoms with Crippen molar-refractivity contribution in [3.05, 3.63) is 29.6 Å². The summed E-state index contributed by atoms with van der Waals surface area (Å²) in [5.74, 6) is -0.418. The van der Waals surface area contributed by atoms with Gasteiger partial charge in [0.25, 0.3) is 0 Å². The molecule has 96 valence electrons. The number of anilines is 1. The molecular formula is C11H12BrF4N. The highest BCUT2D eigenvalue weighted by atomic mass is 79.9. The van der Waals surface area contributed by atoms with E-state index in [0.29, 0.717) is 11.3 Å². The Morgan fingerprint density at radius 2 is 1.94 bits per heavy atom. The van der Waals surface area contributed by atoms with Crippen molar-refractivity contribution in [3.63, 3.8) is 0 Å². The molecule has 0 saturated heterocycles. The Bertz CT molecular complexity index is 378. The Labute approximate surface area is 106 Å². The average molecular weight is 314 g/mol. The van der Waals surface area contributed by atoms with Crippen molar-refractivity contribution in [1.29, 1.82) is 0 Å². The minimum atomic E-state index is -4.20. The molecule has 1 rings (SSSR count). The molecule has 1 aromatic rings. The smallest absolute Gasteiger partial charge is 0.374 e. The molecule has 0 saturated carbocycles. The van der Waals surface area contributed by atoms with Crippen molar-refractivity contribution in [3.8, 4) is 0 Å². The zero-order valence-corrected chi connectivity index (χ0v) is 10.8. The third-order valence-corrected chi connectivity index (χ3v) is 2.93. The first-order chi connectivity index (χ1) is 7.85. The normalized spacial score (nSPS) is 11.6. The lowest BCUT2D eigenvalue weighted by molar-refractivity contribution is -0.132. The van der Waals surface area contributed by atoms with Crippen molar-refractivity contribution < 1.29 is 17.6 Å². The Morgan fingerprint density at radius 3 is 2.47 bits per heavy atom. The highest BCUT2D eigenvalue weighted by Crippen LogP contribution is 2.26. The molecule has 0 heterocycles. The fraction of sp³-hybridized carbons (Fsp3) is 0.455. The summed E-state index contributed by atoms with van der Waals surface area (Å²) in [7, 11) is 1.52. The van der Waals surface area contributed by atoms with Gasteiger partial charge >= 0.3 is 6.18 Å². The van der Waals surface area contributed by atoms with Gasteiger partial charge in [0.05, 0.1) is 6.42 Å². The van der Waals surface area contributed by atoms with Crippen LogP contribution in [0.1, 0.15) is 12.0 Å². The maximum Gasteiger partial charge on any atom is 0.390 e. The van der Waals surface area contributed by atoms with E-state index in [0.717, 1.165) is 0 Å². The first kappa shape index (κ1) is 14.3. The lowest BCUT2D eigenvalue weighted by Crippen LogP contribution is -2.25. The van der Waals surface area contributed by atoms with Crippen LogP contribution in [0.15, 0.2) is 18.2 Å². The third-order valence-electron chi connectivity index (χ3n) is 2.37. The third kappa shape index (κ3) is 4.18. The highest BCUT2D eigenvalue weighted by Gasteiger charge is 2.27. The number of nitrogens with zero attached hydrogens (tertiary/aromatic N) is 1. The van der Waals surface area contributed by atoms with E-state index in [1.54, 1.807) is 6.07 Å². The van der Waals surface area contributed by atoms with Gasteiger partial charge in [-0.15, -0.1) is 0 Å². The molecule has 0 fully saturated rings. The molecule has 0 aliphatic carbocycles. The molecule has 0 radical (unpaired) electrons. The first-order valence-corrected chi connectivity index (χ1v) is 6.08. The summed E-state index contributed by atoms with van der Waals surface area (Å²) in [5, 5.41) is 0.269. The van der Waals surface area contributed by atoms with Crippen molar-refractivity contribution >= 4 is 21.6 Å². The number of hydrogen-bond donors (Lipinski definition) is 0. The summed E-state index contributed by atoms with van der Waals surface area (Å²) in [6.45, 7) is -0.188. The van der Waals surface area contributed by atoms with Crippen molar-refractivity contribution in [1.82, 2.24) is 0 Å². The van der Waals surface area contributed by atoms with Crippen LogP contribution in [0.5, 0.6) is 0 Å². The Balaban J connectivity index is 2.82. The molecule has 0 unspecified atom stereocenters. The molecule has 0 spiro atoms. The van der Waals surface area contributed by atoms with Gasteiger partial charge < -0.3 is 4.90 Å². The van der Waals surface area contributed by atoms with Crippen LogP contribution in [0.2, 0.25) is 0 Å². The molecule has 0 atom stereocenters. The van der Waals surface area contributed by atoms with Gasteiger partial charge in [-0.25, -0.2) is 4.39 Å². The predicted molar refractivity (Wildman–Crippen MR) is 63.0 cm³/mol. The molecular weight excluding hydrogens is 302 g/mol. The molecule has 6 heteroatoms. The molecule has 1 nitrogen and oxygen atoms in total. The van der Waals surface area contributed by atoms with Crippen LogP contribution in [-0.4, -0.2) is 19.8 Å². The maximum atomic E-state index is 13.4. The standard InChI is InChI=1S/C11H12BrF4N/c1-17(6-5-11(14,15)16)10-4-2-3-9(13)8(10)7-12/h2-4H,5-7H2,1H3. The van der Waals surface area contributed by atoms with Crippen LogP contribution < -0.4 is 4.90 Å². The molecule has 0 bridgehead atoms. The Kier molecular flexibility index (Phi) is 4.80. The largest absolute Gasteiger partial charge is 0.390 e. The van der Waals surface area contributed by atoms with E-state index in [2.05, 4.69) is 15.9 Å². The number of rotatable bonds is 4. The molecule has 0 aliphatic heterocycles. The van der Waals surface area contributed by atoms with Crippen LogP contribution in [0, 0.1) is 5.82 Å². The highest BCUT2D eigenvalue weighted by molar-refractivity contribution is 9.08. The van der Waals surface area contributed by atoms with Crippen LogP contribution in [0.25, 0.3) is 0 Å².